The summed E-state index contributed by atoms with van der Waals surface area (Å²) in [6, 6.07) is 14.7. The third-order valence-corrected chi connectivity index (χ3v) is 5.38. The van der Waals surface area contributed by atoms with Crippen LogP contribution in [0.1, 0.15) is 12.6 Å². The Labute approximate surface area is 191 Å². The molecule has 0 saturated carbocycles. The van der Waals surface area contributed by atoms with Gasteiger partial charge in [0.25, 0.3) is 5.91 Å². The van der Waals surface area contributed by atoms with Crippen LogP contribution in [0, 0.1) is 11.6 Å². The standard InChI is InChI=1S/C24H17F2N3O3S/c1-14(32-22(30)11-9-17-8-6-15-4-2-3-5-20(15)27-17)23(31)29-24-28-21(13-33-24)16-7-10-18(25)19(26)12-16/h2-14H,1H3,(H,28,29,31)/b11-9+. The van der Waals surface area contributed by atoms with E-state index in [-0.39, 0.29) is 5.13 Å². The number of rotatable bonds is 6. The van der Waals surface area contributed by atoms with Crippen molar-refractivity contribution in [1.82, 2.24) is 9.97 Å². The molecule has 1 N–H and O–H groups in total. The van der Waals surface area contributed by atoms with Crippen molar-refractivity contribution in [2.24, 2.45) is 0 Å². The van der Waals surface area contributed by atoms with Gasteiger partial charge in [0, 0.05) is 22.4 Å². The molecule has 2 aromatic carbocycles. The van der Waals surface area contributed by atoms with Gasteiger partial charge < -0.3 is 4.74 Å². The lowest BCUT2D eigenvalue weighted by Crippen LogP contribution is -2.29. The van der Waals surface area contributed by atoms with Crippen LogP contribution in [0.2, 0.25) is 0 Å². The molecule has 0 saturated heterocycles. The van der Waals surface area contributed by atoms with Crippen molar-refractivity contribution in [2.75, 3.05) is 5.32 Å². The molecule has 33 heavy (non-hydrogen) atoms. The normalized spacial score (nSPS) is 12.1. The highest BCUT2D eigenvalue weighted by molar-refractivity contribution is 7.14. The average molecular weight is 465 g/mol. The summed E-state index contributed by atoms with van der Waals surface area (Å²) in [7, 11) is 0. The van der Waals surface area contributed by atoms with Crippen molar-refractivity contribution in [3.8, 4) is 11.3 Å². The summed E-state index contributed by atoms with van der Waals surface area (Å²) < 4.78 is 31.7. The van der Waals surface area contributed by atoms with Gasteiger partial charge >= 0.3 is 5.97 Å². The molecule has 1 amide bonds. The van der Waals surface area contributed by atoms with E-state index in [2.05, 4.69) is 15.3 Å². The second-order valence-electron chi connectivity index (χ2n) is 7.00. The molecule has 0 aliphatic heterocycles. The van der Waals surface area contributed by atoms with Crippen LogP contribution in [-0.4, -0.2) is 27.9 Å². The number of carbonyl (C=O) groups excluding carboxylic acids is 2. The van der Waals surface area contributed by atoms with E-state index in [0.29, 0.717) is 17.0 Å². The van der Waals surface area contributed by atoms with Gasteiger partial charge in [-0.3, -0.25) is 10.1 Å². The first-order valence-corrected chi connectivity index (χ1v) is 10.7. The van der Waals surface area contributed by atoms with Gasteiger partial charge in [-0.1, -0.05) is 24.3 Å². The number of aromatic nitrogens is 2. The van der Waals surface area contributed by atoms with Gasteiger partial charge in [-0.2, -0.15) is 0 Å². The third kappa shape index (κ3) is 5.45. The number of halogens is 2. The highest BCUT2D eigenvalue weighted by atomic mass is 32.1. The van der Waals surface area contributed by atoms with E-state index >= 15 is 0 Å². The van der Waals surface area contributed by atoms with Crippen LogP contribution >= 0.6 is 11.3 Å². The first-order chi connectivity index (χ1) is 15.9. The second kappa shape index (κ2) is 9.66. The van der Waals surface area contributed by atoms with Gasteiger partial charge in [-0.25, -0.2) is 23.5 Å². The minimum Gasteiger partial charge on any atom is -0.449 e. The molecule has 9 heteroatoms. The number of anilines is 1. The van der Waals surface area contributed by atoms with Crippen molar-refractivity contribution in [3.63, 3.8) is 0 Å². The number of hydrogen-bond acceptors (Lipinski definition) is 6. The van der Waals surface area contributed by atoms with Crippen molar-refractivity contribution >= 4 is 45.3 Å². The number of ether oxygens (including phenoxy) is 1. The fraction of sp³-hybridized carbons (Fsp3) is 0.0833. The van der Waals surface area contributed by atoms with Crippen molar-refractivity contribution < 1.29 is 23.1 Å². The zero-order chi connectivity index (χ0) is 23.4. The average Bonchev–Trinajstić information content (AvgIpc) is 3.27. The van der Waals surface area contributed by atoms with E-state index in [1.54, 1.807) is 11.4 Å². The molecule has 6 nitrogen and oxygen atoms in total. The van der Waals surface area contributed by atoms with Gasteiger partial charge in [-0.05, 0) is 43.3 Å². The number of nitrogens with one attached hydrogen (secondary N) is 1. The fourth-order valence-corrected chi connectivity index (χ4v) is 3.64. The van der Waals surface area contributed by atoms with E-state index in [4.69, 9.17) is 4.74 Å². The number of nitrogens with zero attached hydrogens (tertiary/aromatic N) is 2. The summed E-state index contributed by atoms with van der Waals surface area (Å²) in [6.07, 6.45) is 1.63. The molecule has 1 atom stereocenters. The topological polar surface area (TPSA) is 81.2 Å². The summed E-state index contributed by atoms with van der Waals surface area (Å²) in [5, 5.41) is 5.36. The molecule has 0 aliphatic carbocycles. The molecular formula is C24H17F2N3O3S. The SMILES string of the molecule is CC(OC(=O)/C=C/c1ccc2ccccc2n1)C(=O)Nc1nc(-c2ccc(F)c(F)c2)cs1. The van der Waals surface area contributed by atoms with Crippen molar-refractivity contribution in [1.29, 1.82) is 0 Å². The predicted molar refractivity (Wildman–Crippen MR) is 122 cm³/mol. The zero-order valence-corrected chi connectivity index (χ0v) is 18.1. The molecule has 0 aliphatic rings. The van der Waals surface area contributed by atoms with E-state index in [0.717, 1.165) is 34.4 Å². The van der Waals surface area contributed by atoms with Gasteiger partial charge in [0.15, 0.2) is 22.9 Å². The fourth-order valence-electron chi connectivity index (χ4n) is 2.92. The molecular weight excluding hydrogens is 448 g/mol. The number of pyridine rings is 1. The van der Waals surface area contributed by atoms with Crippen LogP contribution in [0.15, 0.2) is 66.1 Å². The first kappa shape index (κ1) is 22.2. The largest absolute Gasteiger partial charge is 0.449 e. The predicted octanol–water partition coefficient (Wildman–Crippen LogP) is 5.22. The number of carbonyl (C=O) groups is 2. The Morgan fingerprint density at radius 1 is 1.06 bits per heavy atom. The van der Waals surface area contributed by atoms with Crippen molar-refractivity contribution in [3.05, 3.63) is 83.4 Å². The van der Waals surface area contributed by atoms with Gasteiger partial charge in [-0.15, -0.1) is 11.3 Å². The van der Waals surface area contributed by atoms with Crippen LogP contribution < -0.4 is 5.32 Å². The first-order valence-electron chi connectivity index (χ1n) is 9.85. The van der Waals surface area contributed by atoms with Crippen LogP contribution in [-0.2, 0) is 14.3 Å². The van der Waals surface area contributed by atoms with Crippen LogP contribution in [0.5, 0.6) is 0 Å². The number of fused-ring (bicyclic) bond motifs is 1. The Hall–Kier alpha value is -3.98. The quantitative estimate of drug-likeness (QED) is 0.312. The second-order valence-corrected chi connectivity index (χ2v) is 7.86. The number of esters is 1. The summed E-state index contributed by atoms with van der Waals surface area (Å²) >= 11 is 1.11. The molecule has 2 aromatic heterocycles. The summed E-state index contributed by atoms with van der Waals surface area (Å²) in [5.74, 6) is -3.22. The van der Waals surface area contributed by atoms with Crippen LogP contribution in [0.4, 0.5) is 13.9 Å². The van der Waals surface area contributed by atoms with Crippen LogP contribution in [0.3, 0.4) is 0 Å². The number of para-hydroxylation sites is 1. The molecule has 4 rings (SSSR count). The minimum absolute atomic E-state index is 0.235. The molecule has 4 aromatic rings. The zero-order valence-electron chi connectivity index (χ0n) is 17.3. The maximum atomic E-state index is 13.4. The molecule has 0 spiro atoms. The summed E-state index contributed by atoms with van der Waals surface area (Å²) in [6.45, 7) is 1.43. The van der Waals surface area contributed by atoms with Gasteiger partial charge in [0.2, 0.25) is 0 Å². The molecule has 2 heterocycles. The number of thiazole rings is 1. The molecule has 0 fully saturated rings. The highest BCUT2D eigenvalue weighted by Gasteiger charge is 2.18. The van der Waals surface area contributed by atoms with Crippen LogP contribution in [0.25, 0.3) is 28.2 Å². The Kier molecular flexibility index (Phi) is 6.50. The van der Waals surface area contributed by atoms with E-state index < -0.39 is 29.6 Å². The highest BCUT2D eigenvalue weighted by Crippen LogP contribution is 2.26. The Morgan fingerprint density at radius 2 is 1.88 bits per heavy atom. The maximum Gasteiger partial charge on any atom is 0.331 e. The number of amides is 1. The lowest BCUT2D eigenvalue weighted by atomic mass is 10.2. The number of benzene rings is 2. The monoisotopic (exact) mass is 465 g/mol. The lowest BCUT2D eigenvalue weighted by Gasteiger charge is -2.10. The molecule has 0 radical (unpaired) electrons. The molecule has 1 unspecified atom stereocenters. The number of hydrogen-bond donors (Lipinski definition) is 1. The minimum atomic E-state index is -1.08. The van der Waals surface area contributed by atoms with E-state index in [9.17, 15) is 18.4 Å². The van der Waals surface area contributed by atoms with Crippen molar-refractivity contribution in [2.45, 2.75) is 13.0 Å². The van der Waals surface area contributed by atoms with Gasteiger partial charge in [0.1, 0.15) is 0 Å². The van der Waals surface area contributed by atoms with E-state index in [1.807, 2.05) is 30.3 Å². The maximum absolute atomic E-state index is 13.4. The smallest absolute Gasteiger partial charge is 0.331 e. The summed E-state index contributed by atoms with van der Waals surface area (Å²) in [5.41, 5.74) is 2.13. The lowest BCUT2D eigenvalue weighted by molar-refractivity contribution is -0.148. The molecule has 0 bridgehead atoms. The third-order valence-electron chi connectivity index (χ3n) is 4.62. The van der Waals surface area contributed by atoms with E-state index in [1.165, 1.54) is 25.1 Å². The molecule has 166 valence electrons. The summed E-state index contributed by atoms with van der Waals surface area (Å²) in [4.78, 5) is 33.1. The Bertz CT molecular complexity index is 1370. The Morgan fingerprint density at radius 3 is 2.70 bits per heavy atom. The van der Waals surface area contributed by atoms with Gasteiger partial charge in [0.05, 0.1) is 16.9 Å². The Balaban J connectivity index is 1.34.